The minimum Gasteiger partial charge on any atom is -0.366 e. The summed E-state index contributed by atoms with van der Waals surface area (Å²) in [7, 11) is 0. The van der Waals surface area contributed by atoms with Crippen molar-refractivity contribution in [3.63, 3.8) is 0 Å². The molecular formula is C12H8F3N3OS. The maximum Gasteiger partial charge on any atom is 0.433 e. The maximum atomic E-state index is 12.6. The van der Waals surface area contributed by atoms with Crippen LogP contribution in [0.1, 0.15) is 16.1 Å². The Labute approximate surface area is 116 Å². The number of hydrogen-bond donors (Lipinski definition) is 1. The van der Waals surface area contributed by atoms with Gasteiger partial charge in [-0.25, -0.2) is 4.98 Å². The van der Waals surface area contributed by atoms with Crippen LogP contribution >= 0.6 is 11.8 Å². The van der Waals surface area contributed by atoms with Crippen LogP contribution in [-0.4, -0.2) is 15.9 Å². The summed E-state index contributed by atoms with van der Waals surface area (Å²) in [4.78, 5) is 19.1. The van der Waals surface area contributed by atoms with E-state index in [2.05, 4.69) is 9.97 Å². The Morgan fingerprint density at radius 2 is 1.80 bits per heavy atom. The van der Waals surface area contributed by atoms with Crippen LogP contribution in [0.4, 0.5) is 13.2 Å². The Balaban J connectivity index is 2.45. The Bertz CT molecular complexity index is 632. The second kappa shape index (κ2) is 5.49. The number of rotatable bonds is 3. The van der Waals surface area contributed by atoms with E-state index in [-0.39, 0.29) is 10.6 Å². The molecule has 0 aromatic carbocycles. The summed E-state index contributed by atoms with van der Waals surface area (Å²) in [6, 6.07) is 4.95. The fourth-order valence-corrected chi connectivity index (χ4v) is 2.29. The zero-order chi connectivity index (χ0) is 14.8. The van der Waals surface area contributed by atoms with Gasteiger partial charge in [0.05, 0.1) is 5.56 Å². The molecule has 0 aliphatic rings. The third-order valence-electron chi connectivity index (χ3n) is 2.28. The Kier molecular flexibility index (Phi) is 3.93. The summed E-state index contributed by atoms with van der Waals surface area (Å²) in [5.41, 5.74) is 4.02. The van der Waals surface area contributed by atoms with E-state index in [4.69, 9.17) is 5.73 Å². The third kappa shape index (κ3) is 3.27. The molecule has 8 heteroatoms. The molecule has 0 aliphatic carbocycles. The van der Waals surface area contributed by atoms with Gasteiger partial charge in [0.2, 0.25) is 0 Å². The van der Waals surface area contributed by atoms with Crippen LogP contribution in [-0.2, 0) is 6.18 Å². The molecule has 0 atom stereocenters. The molecule has 0 fully saturated rings. The number of nitrogens with zero attached hydrogens (tertiary/aromatic N) is 2. The van der Waals surface area contributed by atoms with Gasteiger partial charge in [-0.3, -0.25) is 9.78 Å². The monoisotopic (exact) mass is 299 g/mol. The van der Waals surface area contributed by atoms with Crippen molar-refractivity contribution in [3.8, 4) is 0 Å². The number of halogens is 3. The molecule has 4 nitrogen and oxygen atoms in total. The smallest absolute Gasteiger partial charge is 0.366 e. The molecule has 2 rings (SSSR count). The lowest BCUT2D eigenvalue weighted by Gasteiger charge is -2.10. The minimum atomic E-state index is -4.58. The Morgan fingerprint density at radius 1 is 1.15 bits per heavy atom. The Hall–Kier alpha value is -2.09. The SMILES string of the molecule is NC(=O)c1ccc(C(F)(F)F)nc1Sc1ccncc1. The van der Waals surface area contributed by atoms with Crippen LogP contribution in [0, 0.1) is 0 Å². The summed E-state index contributed by atoms with van der Waals surface area (Å²) in [6.07, 6.45) is -1.61. The summed E-state index contributed by atoms with van der Waals surface area (Å²) in [6.45, 7) is 0. The summed E-state index contributed by atoms with van der Waals surface area (Å²) in [5, 5.41) is -0.0847. The molecule has 2 aromatic rings. The number of carbonyl (C=O) groups excluding carboxylic acids is 1. The van der Waals surface area contributed by atoms with Crippen molar-refractivity contribution < 1.29 is 18.0 Å². The first-order valence-electron chi connectivity index (χ1n) is 5.34. The number of primary amides is 1. The molecule has 0 aliphatic heterocycles. The number of carbonyl (C=O) groups is 1. The molecule has 104 valence electrons. The molecule has 2 aromatic heterocycles. The first-order chi connectivity index (χ1) is 9.38. The summed E-state index contributed by atoms with van der Waals surface area (Å²) >= 11 is 0.921. The Morgan fingerprint density at radius 3 is 2.35 bits per heavy atom. The second-order valence-electron chi connectivity index (χ2n) is 3.70. The summed E-state index contributed by atoms with van der Waals surface area (Å²) < 4.78 is 37.9. The predicted molar refractivity (Wildman–Crippen MR) is 66.1 cm³/mol. The number of hydrogen-bond acceptors (Lipinski definition) is 4. The van der Waals surface area contributed by atoms with E-state index in [1.165, 1.54) is 12.4 Å². The molecule has 20 heavy (non-hydrogen) atoms. The van der Waals surface area contributed by atoms with Gasteiger partial charge in [0.1, 0.15) is 10.7 Å². The molecule has 0 saturated carbocycles. The van der Waals surface area contributed by atoms with E-state index in [9.17, 15) is 18.0 Å². The molecule has 0 unspecified atom stereocenters. The van der Waals surface area contributed by atoms with Gasteiger partial charge < -0.3 is 5.73 Å². The quantitative estimate of drug-likeness (QED) is 0.946. The van der Waals surface area contributed by atoms with Gasteiger partial charge in [-0.05, 0) is 24.3 Å². The largest absolute Gasteiger partial charge is 0.433 e. The van der Waals surface area contributed by atoms with E-state index < -0.39 is 17.8 Å². The van der Waals surface area contributed by atoms with E-state index in [1.807, 2.05) is 0 Å². The van der Waals surface area contributed by atoms with Crippen LogP contribution < -0.4 is 5.73 Å². The topological polar surface area (TPSA) is 68.9 Å². The molecular weight excluding hydrogens is 291 g/mol. The highest BCUT2D eigenvalue weighted by Gasteiger charge is 2.33. The number of aromatic nitrogens is 2. The van der Waals surface area contributed by atoms with Crippen molar-refractivity contribution in [1.82, 2.24) is 9.97 Å². The highest BCUT2D eigenvalue weighted by molar-refractivity contribution is 7.99. The highest BCUT2D eigenvalue weighted by Crippen LogP contribution is 2.33. The number of pyridine rings is 2. The van der Waals surface area contributed by atoms with Crippen molar-refractivity contribution in [2.45, 2.75) is 16.1 Å². The van der Waals surface area contributed by atoms with Crippen LogP contribution in [0.15, 0.2) is 46.6 Å². The van der Waals surface area contributed by atoms with Gasteiger partial charge in [-0.1, -0.05) is 11.8 Å². The molecule has 1 amide bonds. The molecule has 0 saturated heterocycles. The second-order valence-corrected chi connectivity index (χ2v) is 4.76. The standard InChI is InChI=1S/C12H8F3N3OS/c13-12(14,15)9-2-1-8(10(16)19)11(18-9)20-7-3-5-17-6-4-7/h1-6H,(H2,16,19). The number of amides is 1. The zero-order valence-electron chi connectivity index (χ0n) is 9.89. The van der Waals surface area contributed by atoms with Crippen molar-refractivity contribution in [1.29, 1.82) is 0 Å². The lowest BCUT2D eigenvalue weighted by atomic mass is 10.2. The fraction of sp³-hybridized carbons (Fsp3) is 0.0833. The lowest BCUT2D eigenvalue weighted by molar-refractivity contribution is -0.141. The molecule has 0 radical (unpaired) electrons. The number of alkyl halides is 3. The first-order valence-corrected chi connectivity index (χ1v) is 6.15. The molecule has 2 N–H and O–H groups in total. The van der Waals surface area contributed by atoms with Gasteiger partial charge >= 0.3 is 6.18 Å². The molecule has 0 bridgehead atoms. The van der Waals surface area contributed by atoms with E-state index >= 15 is 0 Å². The zero-order valence-corrected chi connectivity index (χ0v) is 10.7. The van der Waals surface area contributed by atoms with Gasteiger partial charge in [0.15, 0.2) is 0 Å². The predicted octanol–water partition coefficient (Wildman–Crippen LogP) is 2.75. The van der Waals surface area contributed by atoms with E-state index in [0.29, 0.717) is 4.90 Å². The average molecular weight is 299 g/mol. The maximum absolute atomic E-state index is 12.6. The normalized spacial score (nSPS) is 11.3. The van der Waals surface area contributed by atoms with Crippen LogP contribution in [0.25, 0.3) is 0 Å². The van der Waals surface area contributed by atoms with Gasteiger partial charge in [0, 0.05) is 17.3 Å². The van der Waals surface area contributed by atoms with Gasteiger partial charge in [-0.2, -0.15) is 13.2 Å². The van der Waals surface area contributed by atoms with Crippen molar-refractivity contribution in [2.24, 2.45) is 5.73 Å². The van der Waals surface area contributed by atoms with Gasteiger partial charge in [-0.15, -0.1) is 0 Å². The first kappa shape index (κ1) is 14.3. The minimum absolute atomic E-state index is 0.0557. The van der Waals surface area contributed by atoms with Crippen molar-refractivity contribution in [2.75, 3.05) is 0 Å². The van der Waals surface area contributed by atoms with E-state index in [0.717, 1.165) is 23.9 Å². The van der Waals surface area contributed by atoms with E-state index in [1.54, 1.807) is 12.1 Å². The summed E-state index contributed by atoms with van der Waals surface area (Å²) in [5.74, 6) is -0.831. The lowest BCUT2D eigenvalue weighted by Crippen LogP contribution is -2.16. The third-order valence-corrected chi connectivity index (χ3v) is 3.29. The fourth-order valence-electron chi connectivity index (χ4n) is 1.38. The van der Waals surface area contributed by atoms with Crippen LogP contribution in [0.2, 0.25) is 0 Å². The van der Waals surface area contributed by atoms with Crippen molar-refractivity contribution in [3.05, 3.63) is 47.9 Å². The van der Waals surface area contributed by atoms with Crippen LogP contribution in [0.5, 0.6) is 0 Å². The van der Waals surface area contributed by atoms with Gasteiger partial charge in [0.25, 0.3) is 5.91 Å². The average Bonchev–Trinajstić information content (AvgIpc) is 2.38. The van der Waals surface area contributed by atoms with Crippen LogP contribution in [0.3, 0.4) is 0 Å². The molecule has 2 heterocycles. The molecule has 0 spiro atoms. The highest BCUT2D eigenvalue weighted by atomic mass is 32.2. The number of nitrogens with two attached hydrogens (primary N) is 1. The van der Waals surface area contributed by atoms with Crippen molar-refractivity contribution >= 4 is 17.7 Å².